The Kier molecular flexibility index (Phi) is 11.1. The fourth-order valence-electron chi connectivity index (χ4n) is 10.4. The highest BCUT2D eigenvalue weighted by Crippen LogP contribution is 2.61. The fourth-order valence-corrected chi connectivity index (χ4v) is 14.4. The molecular weight excluding hydrogens is 801 g/mol. The number of fused-ring (bicyclic) bond motifs is 2. The Hall–Kier alpha value is -5.58. The second kappa shape index (κ2) is 16.0. The van der Waals surface area contributed by atoms with Gasteiger partial charge in [0.15, 0.2) is 18.1 Å². The molecule has 4 saturated heterocycles. The van der Waals surface area contributed by atoms with Crippen molar-refractivity contribution in [2.45, 2.75) is 108 Å². The second-order valence-corrected chi connectivity index (χ2v) is 21.9. The molecule has 15 nitrogen and oxygen atoms in total. The largest absolute Gasteiger partial charge is 0.497 e. The summed E-state index contributed by atoms with van der Waals surface area (Å²) >= 11 is 0. The number of aliphatic hydroxyl groups excluding tert-OH is 1. The van der Waals surface area contributed by atoms with Crippen molar-refractivity contribution >= 4 is 65.9 Å². The number of carbonyl (C=O) groups excluding carboxylic acids is 6. The minimum atomic E-state index is -2.65. The van der Waals surface area contributed by atoms with Crippen molar-refractivity contribution in [1.82, 2.24) is 4.90 Å². The lowest BCUT2D eigenvalue weighted by Crippen LogP contribution is -2.55. The molecule has 5 aliphatic heterocycles. The number of anilines is 3. The van der Waals surface area contributed by atoms with Gasteiger partial charge in [0.2, 0.25) is 17.7 Å². The summed E-state index contributed by atoms with van der Waals surface area (Å²) in [5.41, 5.74) is 1.03. The first-order valence-electron chi connectivity index (χ1n) is 20.9. The number of hydrogen-bond donors (Lipinski definition) is 1. The maximum Gasteiger partial charge on any atom is 0.304 e. The molecular formula is C45H52N4O11Si. The maximum absolute atomic E-state index is 15.6. The number of aliphatic hydroxyl groups is 1. The first-order valence-corrected chi connectivity index (χ1v) is 23.9. The van der Waals surface area contributed by atoms with Crippen LogP contribution in [0, 0.1) is 5.92 Å². The van der Waals surface area contributed by atoms with Gasteiger partial charge in [0, 0.05) is 43.2 Å². The molecule has 4 fully saturated rings. The van der Waals surface area contributed by atoms with Gasteiger partial charge in [-0.1, -0.05) is 49.5 Å². The summed E-state index contributed by atoms with van der Waals surface area (Å²) in [6.45, 7) is 9.59. The molecule has 0 radical (unpaired) electrons. The zero-order valence-electron chi connectivity index (χ0n) is 35.3. The monoisotopic (exact) mass is 852 g/mol. The number of hydrogen-bond acceptors (Lipinski definition) is 11. The minimum Gasteiger partial charge on any atom is -0.497 e. The summed E-state index contributed by atoms with van der Waals surface area (Å²) in [7, 11) is -1.03. The average Bonchev–Trinajstić information content (AvgIpc) is 3.88. The van der Waals surface area contributed by atoms with E-state index < -0.39 is 50.1 Å². The van der Waals surface area contributed by atoms with E-state index in [2.05, 4.69) is 25.2 Å². The number of rotatable bonds is 12. The third-order valence-corrected chi connectivity index (χ3v) is 17.7. The number of carbonyl (C=O) groups is 6. The van der Waals surface area contributed by atoms with E-state index in [1.54, 1.807) is 47.2 Å². The molecule has 61 heavy (non-hydrogen) atoms. The van der Waals surface area contributed by atoms with Gasteiger partial charge >= 0.3 is 11.9 Å². The molecule has 5 aliphatic rings. The van der Waals surface area contributed by atoms with E-state index in [0.717, 1.165) is 17.2 Å². The van der Waals surface area contributed by atoms with E-state index in [9.17, 15) is 29.1 Å². The molecule has 3 aromatic rings. The Morgan fingerprint density at radius 1 is 0.869 bits per heavy atom. The molecule has 0 saturated carbocycles. The Morgan fingerprint density at radius 3 is 2.05 bits per heavy atom. The molecule has 0 bridgehead atoms. The first-order chi connectivity index (χ1) is 29.1. The highest BCUT2D eigenvalue weighted by molar-refractivity contribution is 6.91. The highest BCUT2D eigenvalue weighted by Gasteiger charge is 2.67. The summed E-state index contributed by atoms with van der Waals surface area (Å²) in [4.78, 5) is 85.4. The van der Waals surface area contributed by atoms with Crippen LogP contribution in [0.5, 0.6) is 5.75 Å². The number of nitrogens with zero attached hydrogens (tertiary/aromatic N) is 4. The number of ether oxygens (including phenoxy) is 4. The molecule has 3 aromatic carbocycles. The Bertz CT molecular complexity index is 2270. The Morgan fingerprint density at radius 2 is 1.48 bits per heavy atom. The van der Waals surface area contributed by atoms with Crippen LogP contribution in [0.1, 0.15) is 64.0 Å². The SMILES string of the molecule is COc1ccc([Si](C)(C)[C@@H]2[C@@H](CC(=O)N3CCC[C@H]3CO)O[C@]3(C(=O)N(Cc4ccc(N5C(=O)CC5OC(C)=O)cc4)c4ccc(N5C(=O)CC5OC(C)=O)cc43)[C@H]2C)cc1. The molecule has 7 atom stereocenters. The van der Waals surface area contributed by atoms with Crippen molar-refractivity contribution in [3.8, 4) is 5.75 Å². The van der Waals surface area contributed by atoms with Crippen molar-refractivity contribution in [2.75, 3.05) is 35.0 Å². The number of benzene rings is 3. The molecule has 0 aliphatic carbocycles. The van der Waals surface area contributed by atoms with Crippen molar-refractivity contribution in [3.63, 3.8) is 0 Å². The van der Waals surface area contributed by atoms with E-state index in [4.69, 9.17) is 18.9 Å². The van der Waals surface area contributed by atoms with Crippen LogP contribution < -0.4 is 24.6 Å². The molecule has 5 heterocycles. The van der Waals surface area contributed by atoms with Crippen LogP contribution in [0.2, 0.25) is 18.6 Å². The number of amides is 4. The van der Waals surface area contributed by atoms with Gasteiger partial charge in [-0.05, 0) is 66.4 Å². The highest BCUT2D eigenvalue weighted by atomic mass is 28.3. The van der Waals surface area contributed by atoms with Crippen molar-refractivity contribution in [1.29, 1.82) is 0 Å². The summed E-state index contributed by atoms with van der Waals surface area (Å²) in [5.74, 6) is -1.64. The average molecular weight is 853 g/mol. The third kappa shape index (κ3) is 7.17. The summed E-state index contributed by atoms with van der Waals surface area (Å²) in [6.07, 6.45) is -0.553. The third-order valence-electron chi connectivity index (χ3n) is 13.4. The topological polar surface area (TPSA) is 173 Å². The molecule has 1 spiro atoms. The quantitative estimate of drug-likeness (QED) is 0.158. The molecule has 4 amide bonds. The normalized spacial score (nSPS) is 27.0. The van der Waals surface area contributed by atoms with E-state index in [0.29, 0.717) is 41.3 Å². The van der Waals surface area contributed by atoms with Crippen LogP contribution in [-0.2, 0) is 55.1 Å². The first kappa shape index (κ1) is 42.1. The van der Waals surface area contributed by atoms with Gasteiger partial charge in [-0.25, -0.2) is 0 Å². The molecule has 2 unspecified atom stereocenters. The van der Waals surface area contributed by atoms with Gasteiger partial charge in [-0.3, -0.25) is 38.6 Å². The number of likely N-dealkylation sites (tertiary alicyclic amines) is 1. The predicted molar refractivity (Wildman–Crippen MR) is 225 cm³/mol. The summed E-state index contributed by atoms with van der Waals surface area (Å²) in [6, 6.07) is 20.1. The lowest BCUT2D eigenvalue weighted by atomic mass is 9.82. The Labute approximate surface area is 355 Å². The number of methoxy groups -OCH3 is 1. The smallest absolute Gasteiger partial charge is 0.304 e. The zero-order chi connectivity index (χ0) is 43.5. The van der Waals surface area contributed by atoms with E-state index in [1.807, 2.05) is 31.2 Å². The van der Waals surface area contributed by atoms with Crippen molar-refractivity contribution < 1.29 is 52.8 Å². The van der Waals surface area contributed by atoms with Crippen LogP contribution in [0.15, 0.2) is 66.7 Å². The van der Waals surface area contributed by atoms with E-state index >= 15 is 4.79 Å². The summed E-state index contributed by atoms with van der Waals surface area (Å²) < 4.78 is 23.5. The van der Waals surface area contributed by atoms with Crippen LogP contribution in [0.4, 0.5) is 17.1 Å². The van der Waals surface area contributed by atoms with Crippen LogP contribution in [-0.4, -0.2) is 98.5 Å². The lowest BCUT2D eigenvalue weighted by molar-refractivity contribution is -0.155. The van der Waals surface area contributed by atoms with Gasteiger partial charge in [0.1, 0.15) is 5.75 Å². The Balaban J connectivity index is 1.20. The van der Waals surface area contributed by atoms with Gasteiger partial charge in [-0.15, -0.1) is 0 Å². The summed E-state index contributed by atoms with van der Waals surface area (Å²) in [5, 5.41) is 11.2. The van der Waals surface area contributed by atoms with Crippen molar-refractivity contribution in [2.24, 2.45) is 5.92 Å². The van der Waals surface area contributed by atoms with Gasteiger partial charge < -0.3 is 33.9 Å². The molecule has 322 valence electrons. The zero-order valence-corrected chi connectivity index (χ0v) is 36.3. The van der Waals surface area contributed by atoms with Crippen LogP contribution in [0.25, 0.3) is 0 Å². The molecule has 0 aromatic heterocycles. The molecule has 16 heteroatoms. The van der Waals surface area contributed by atoms with Crippen molar-refractivity contribution in [3.05, 3.63) is 77.9 Å². The van der Waals surface area contributed by atoms with Gasteiger partial charge in [0.25, 0.3) is 5.91 Å². The van der Waals surface area contributed by atoms with Gasteiger partial charge in [-0.2, -0.15) is 0 Å². The predicted octanol–water partition coefficient (Wildman–Crippen LogP) is 4.08. The van der Waals surface area contributed by atoms with Gasteiger partial charge in [0.05, 0.1) is 65.4 Å². The van der Waals surface area contributed by atoms with E-state index in [-0.39, 0.29) is 67.6 Å². The van der Waals surface area contributed by atoms with Crippen LogP contribution >= 0.6 is 0 Å². The van der Waals surface area contributed by atoms with E-state index in [1.165, 1.54) is 23.6 Å². The standard InChI is InChI=1S/C45H52N4O11Si/c1-26-43(61(5,6)34-16-14-33(57-4)15-17-34)37(21-38(53)46-19-7-8-32(46)25-50)60-45(26)35-20-31(49-40(55)23-42(49)59-28(3)52)13-18-36(35)47(44(45)56)24-29-9-11-30(12-10-29)48-39(54)22-41(48)58-27(2)51/h9-18,20,26,32,37,41-43,50H,7-8,19,21-25H2,1-6H3/t26-,32-,37+,41?,42?,43-,45+/m0/s1. The minimum absolute atomic E-state index is 0.00625. The number of esters is 2. The molecule has 1 N–H and O–H groups in total. The molecule has 8 rings (SSSR count). The maximum atomic E-state index is 15.6. The fraction of sp³-hybridized carbons (Fsp3) is 0.467. The van der Waals surface area contributed by atoms with Crippen LogP contribution in [0.3, 0.4) is 0 Å². The number of β-lactam (4-membered cyclic amide) rings is 2. The second-order valence-electron chi connectivity index (χ2n) is 17.2. The lowest BCUT2D eigenvalue weighted by Gasteiger charge is -2.39.